The Morgan fingerprint density at radius 2 is 2.31 bits per heavy atom. The molecule has 0 aliphatic heterocycles. The molecule has 2 radical (unpaired) electrons. The minimum absolute atomic E-state index is 0.505. The van der Waals surface area contributed by atoms with Gasteiger partial charge >= 0.3 is 0 Å². The maximum Gasteiger partial charge on any atom is 0.150 e. The van der Waals surface area contributed by atoms with Gasteiger partial charge in [0.15, 0.2) is 0 Å². The maximum absolute atomic E-state index is 6.10. The summed E-state index contributed by atoms with van der Waals surface area (Å²) in [4.78, 5) is 5.50. The van der Waals surface area contributed by atoms with Crippen LogP contribution in [0.15, 0.2) is 29.8 Å². The van der Waals surface area contributed by atoms with Crippen LogP contribution in [0.25, 0.3) is 16.2 Å². The quantitative estimate of drug-likeness (QED) is 0.484. The predicted octanol–water partition coefficient (Wildman–Crippen LogP) is 1.91. The Balaban J connectivity index is 2.32. The zero-order valence-corrected chi connectivity index (χ0v) is 9.66. The third-order valence-electron chi connectivity index (χ3n) is 2.23. The van der Waals surface area contributed by atoms with Crippen molar-refractivity contribution >= 4 is 41.9 Å². The largest absolute Gasteiger partial charge is 0.228 e. The molecule has 0 spiro atoms. The van der Waals surface area contributed by atoms with Crippen LogP contribution in [-0.4, -0.2) is 22.4 Å². The van der Waals surface area contributed by atoms with Crippen LogP contribution in [0.5, 0.6) is 0 Å². The molecule has 3 aromatic rings. The molecule has 0 saturated heterocycles. The maximum atomic E-state index is 6.10. The lowest BCUT2D eigenvalue weighted by Gasteiger charge is -2.01. The Morgan fingerprint density at radius 1 is 1.44 bits per heavy atom. The summed E-state index contributed by atoms with van der Waals surface area (Å²) in [7, 11) is 5.77. The van der Waals surface area contributed by atoms with Crippen LogP contribution in [-0.2, 0) is 0 Å². The molecule has 3 rings (SSSR count). The fourth-order valence-electron chi connectivity index (χ4n) is 1.49. The second-order valence-electron chi connectivity index (χ2n) is 3.28. The van der Waals surface area contributed by atoms with E-state index in [0.717, 1.165) is 10.6 Å². The van der Waals surface area contributed by atoms with Crippen LogP contribution in [0.3, 0.4) is 0 Å². The van der Waals surface area contributed by atoms with E-state index in [9.17, 15) is 0 Å². The molecular weight excluding hydrogens is 240 g/mol. The van der Waals surface area contributed by atoms with Crippen molar-refractivity contribution in [2.45, 2.75) is 0 Å². The van der Waals surface area contributed by atoms with Gasteiger partial charge in [-0.2, -0.15) is 5.10 Å². The van der Waals surface area contributed by atoms with Gasteiger partial charge in [-0.15, -0.1) is 11.3 Å². The van der Waals surface area contributed by atoms with E-state index < -0.39 is 0 Å². The lowest BCUT2D eigenvalue weighted by atomic mass is 10.0. The van der Waals surface area contributed by atoms with Gasteiger partial charge in [0.2, 0.25) is 0 Å². The fraction of sp³-hybridized carbons (Fsp3) is 0. The topological polar surface area (TPSA) is 30.2 Å². The normalized spacial score (nSPS) is 11.1. The van der Waals surface area contributed by atoms with Crippen molar-refractivity contribution in [3.8, 4) is 10.6 Å². The van der Waals surface area contributed by atoms with Crippen LogP contribution in [0.1, 0.15) is 0 Å². The third-order valence-corrected chi connectivity index (χ3v) is 3.39. The molecule has 0 saturated carbocycles. The van der Waals surface area contributed by atoms with Crippen molar-refractivity contribution in [2.24, 2.45) is 0 Å². The highest BCUT2D eigenvalue weighted by molar-refractivity contribution is 7.13. The zero-order chi connectivity index (χ0) is 11.1. The highest BCUT2D eigenvalue weighted by Crippen LogP contribution is 2.25. The Labute approximate surface area is 102 Å². The molecule has 76 valence electrons. The van der Waals surface area contributed by atoms with Gasteiger partial charge in [0.1, 0.15) is 18.6 Å². The van der Waals surface area contributed by atoms with Crippen molar-refractivity contribution in [1.82, 2.24) is 14.6 Å². The van der Waals surface area contributed by atoms with Gasteiger partial charge in [-0.1, -0.05) is 17.7 Å². The van der Waals surface area contributed by atoms with Gasteiger partial charge < -0.3 is 0 Å². The minimum atomic E-state index is 0.505. The summed E-state index contributed by atoms with van der Waals surface area (Å²) in [6, 6.07) is 5.75. The Morgan fingerprint density at radius 3 is 3.06 bits per heavy atom. The first-order valence-corrected chi connectivity index (χ1v) is 5.85. The summed E-state index contributed by atoms with van der Waals surface area (Å²) in [6.07, 6.45) is 1.55. The number of hydrogen-bond donors (Lipinski definition) is 0. The SMILES string of the molecule is [B]c1cnn2c(Cl)cc(-c3cccs3)nc12. The molecule has 3 nitrogen and oxygen atoms in total. The van der Waals surface area contributed by atoms with E-state index in [0.29, 0.717) is 16.3 Å². The van der Waals surface area contributed by atoms with Crippen LogP contribution in [0, 0.1) is 0 Å². The molecule has 3 aromatic heterocycles. The number of fused-ring (bicyclic) bond motifs is 1. The lowest BCUT2D eigenvalue weighted by Crippen LogP contribution is -2.03. The fourth-order valence-corrected chi connectivity index (χ4v) is 2.41. The summed E-state index contributed by atoms with van der Waals surface area (Å²) >= 11 is 7.71. The lowest BCUT2D eigenvalue weighted by molar-refractivity contribution is 0.942. The van der Waals surface area contributed by atoms with E-state index in [1.165, 1.54) is 4.52 Å². The van der Waals surface area contributed by atoms with Crippen molar-refractivity contribution in [3.05, 3.63) is 34.9 Å². The number of aromatic nitrogens is 3. The molecule has 6 heteroatoms. The van der Waals surface area contributed by atoms with Crippen LogP contribution in [0.4, 0.5) is 0 Å². The third kappa shape index (κ3) is 1.44. The second kappa shape index (κ2) is 3.61. The standard InChI is InChI=1S/C10H5BClN3S/c11-6-5-13-15-9(12)4-7(14-10(6)15)8-2-1-3-16-8/h1-5H. The molecule has 0 aromatic carbocycles. The van der Waals surface area contributed by atoms with Crippen molar-refractivity contribution in [1.29, 1.82) is 0 Å². The average molecular weight is 246 g/mol. The van der Waals surface area contributed by atoms with E-state index in [1.807, 2.05) is 17.5 Å². The van der Waals surface area contributed by atoms with Gasteiger partial charge in [0.05, 0.1) is 10.6 Å². The molecule has 16 heavy (non-hydrogen) atoms. The van der Waals surface area contributed by atoms with Crippen LogP contribution >= 0.6 is 22.9 Å². The van der Waals surface area contributed by atoms with Gasteiger partial charge in [-0.3, -0.25) is 0 Å². The summed E-state index contributed by atoms with van der Waals surface area (Å²) in [6.45, 7) is 0. The first-order chi connectivity index (χ1) is 7.75. The predicted molar refractivity (Wildman–Crippen MR) is 66.7 cm³/mol. The highest BCUT2D eigenvalue weighted by Gasteiger charge is 2.09. The van der Waals surface area contributed by atoms with Gasteiger partial charge in [0.25, 0.3) is 0 Å². The van der Waals surface area contributed by atoms with Gasteiger partial charge in [-0.25, -0.2) is 9.50 Å². The number of thiophene rings is 1. The molecule has 0 atom stereocenters. The van der Waals surface area contributed by atoms with Crippen molar-refractivity contribution in [3.63, 3.8) is 0 Å². The van der Waals surface area contributed by atoms with Crippen molar-refractivity contribution in [2.75, 3.05) is 0 Å². The zero-order valence-electron chi connectivity index (χ0n) is 8.09. The van der Waals surface area contributed by atoms with E-state index >= 15 is 0 Å². The Kier molecular flexibility index (Phi) is 2.23. The second-order valence-corrected chi connectivity index (χ2v) is 4.61. The molecule has 0 bridgehead atoms. The smallest absolute Gasteiger partial charge is 0.150 e. The molecule has 0 fully saturated rings. The molecule has 0 N–H and O–H groups in total. The first kappa shape index (κ1) is 9.87. The summed E-state index contributed by atoms with van der Waals surface area (Å²) in [5.74, 6) is 0. The van der Waals surface area contributed by atoms with Crippen LogP contribution < -0.4 is 5.46 Å². The summed E-state index contributed by atoms with van der Waals surface area (Å²) < 4.78 is 1.52. The first-order valence-electron chi connectivity index (χ1n) is 4.59. The number of hydrogen-bond acceptors (Lipinski definition) is 3. The minimum Gasteiger partial charge on any atom is -0.228 e. The molecule has 0 unspecified atom stereocenters. The van der Waals surface area contributed by atoms with E-state index in [2.05, 4.69) is 10.1 Å². The summed E-state index contributed by atoms with van der Waals surface area (Å²) in [5, 5.41) is 6.54. The van der Waals surface area contributed by atoms with Crippen molar-refractivity contribution < 1.29 is 0 Å². The molecule has 0 amide bonds. The monoisotopic (exact) mass is 245 g/mol. The number of rotatable bonds is 1. The Hall–Kier alpha value is -1.33. The van der Waals surface area contributed by atoms with E-state index in [1.54, 1.807) is 23.6 Å². The highest BCUT2D eigenvalue weighted by atomic mass is 35.5. The molecular formula is C10H5BClN3S. The van der Waals surface area contributed by atoms with E-state index in [-0.39, 0.29) is 0 Å². The molecule has 3 heterocycles. The number of halogens is 1. The summed E-state index contributed by atoms with van der Waals surface area (Å²) in [5.41, 5.74) is 1.94. The Bertz CT molecular complexity index is 647. The van der Waals surface area contributed by atoms with Gasteiger partial charge in [0, 0.05) is 12.3 Å². The van der Waals surface area contributed by atoms with Gasteiger partial charge in [-0.05, 0) is 16.9 Å². The van der Waals surface area contributed by atoms with E-state index in [4.69, 9.17) is 19.4 Å². The van der Waals surface area contributed by atoms with Crippen LogP contribution in [0.2, 0.25) is 5.15 Å². The number of nitrogens with zero attached hydrogens (tertiary/aromatic N) is 3. The molecule has 0 aliphatic rings. The average Bonchev–Trinajstić information content (AvgIpc) is 2.88. The molecule has 0 aliphatic carbocycles.